The molecule has 1 heterocycles. The molecule has 0 saturated carbocycles. The van der Waals surface area contributed by atoms with Gasteiger partial charge in [0.1, 0.15) is 0 Å². The summed E-state index contributed by atoms with van der Waals surface area (Å²) >= 11 is 0. The Balaban J connectivity index is 0.00000288. The Morgan fingerprint density at radius 2 is 1.72 bits per heavy atom. The normalized spacial score (nSPS) is 17.0. The van der Waals surface area contributed by atoms with Crippen molar-refractivity contribution in [2.24, 2.45) is 5.73 Å². The van der Waals surface area contributed by atoms with E-state index in [9.17, 15) is 18.0 Å². The number of amides is 1. The van der Waals surface area contributed by atoms with Crippen molar-refractivity contribution in [3.8, 4) is 0 Å². The number of carbonyl (C=O) groups excluding carboxylic acids is 1. The summed E-state index contributed by atoms with van der Waals surface area (Å²) < 4.78 is 37.3. The summed E-state index contributed by atoms with van der Waals surface area (Å²) in [5.74, 6) is -0.102. The third kappa shape index (κ3) is 8.27. The molecule has 9 heteroatoms. The predicted molar refractivity (Wildman–Crippen MR) is 96.2 cm³/mol. The molecule has 0 spiro atoms. The van der Waals surface area contributed by atoms with Crippen molar-refractivity contribution in [3.05, 3.63) is 35.9 Å². The SMILES string of the molecule is Cl.Cl.NC(CC(=O)N1CCCN(CC(F)(F)F)CC1)c1ccccc1. The molecule has 144 valence electrons. The lowest BCUT2D eigenvalue weighted by molar-refractivity contribution is -0.145. The molecule has 1 aromatic carbocycles. The number of carbonyl (C=O) groups is 1. The molecule has 2 N–H and O–H groups in total. The molecular formula is C16H24Cl2F3N3O. The first kappa shape index (κ1) is 24.0. The van der Waals surface area contributed by atoms with Crippen molar-refractivity contribution in [2.45, 2.75) is 25.1 Å². The summed E-state index contributed by atoms with van der Waals surface area (Å²) in [6.07, 6.45) is -3.49. The molecule has 0 radical (unpaired) electrons. The van der Waals surface area contributed by atoms with Crippen LogP contribution < -0.4 is 5.73 Å². The summed E-state index contributed by atoms with van der Waals surface area (Å²) in [5.41, 5.74) is 6.93. The van der Waals surface area contributed by atoms with Crippen molar-refractivity contribution < 1.29 is 18.0 Å². The van der Waals surface area contributed by atoms with E-state index in [0.717, 1.165) is 5.56 Å². The minimum atomic E-state index is -4.20. The average molecular weight is 402 g/mol. The second-order valence-corrected chi connectivity index (χ2v) is 5.85. The van der Waals surface area contributed by atoms with Crippen LogP contribution in [0.4, 0.5) is 13.2 Å². The van der Waals surface area contributed by atoms with Crippen molar-refractivity contribution in [1.82, 2.24) is 9.80 Å². The Kier molecular flexibility index (Phi) is 10.4. The third-order valence-electron chi connectivity index (χ3n) is 3.97. The van der Waals surface area contributed by atoms with Crippen LogP contribution in [0.2, 0.25) is 0 Å². The van der Waals surface area contributed by atoms with Crippen LogP contribution in [0.5, 0.6) is 0 Å². The van der Waals surface area contributed by atoms with Gasteiger partial charge in [-0.05, 0) is 12.0 Å². The molecule has 0 aliphatic carbocycles. The zero-order valence-electron chi connectivity index (χ0n) is 13.7. The molecule has 1 amide bonds. The van der Waals surface area contributed by atoms with Gasteiger partial charge < -0.3 is 10.6 Å². The molecule has 4 nitrogen and oxygen atoms in total. The smallest absolute Gasteiger partial charge is 0.341 e. The number of nitrogens with zero attached hydrogens (tertiary/aromatic N) is 2. The topological polar surface area (TPSA) is 49.6 Å². The molecule has 1 fully saturated rings. The zero-order chi connectivity index (χ0) is 16.9. The maximum Gasteiger partial charge on any atom is 0.401 e. The molecule has 1 aliphatic heterocycles. The van der Waals surface area contributed by atoms with Crippen LogP contribution in [-0.2, 0) is 4.79 Å². The summed E-state index contributed by atoms with van der Waals surface area (Å²) in [7, 11) is 0. The molecule has 0 aromatic heterocycles. The fraction of sp³-hybridized carbons (Fsp3) is 0.562. The maximum atomic E-state index is 12.4. The summed E-state index contributed by atoms with van der Waals surface area (Å²) in [6.45, 7) is 0.476. The van der Waals surface area contributed by atoms with E-state index >= 15 is 0 Å². The Morgan fingerprint density at radius 1 is 1.08 bits per heavy atom. The van der Waals surface area contributed by atoms with E-state index in [1.54, 1.807) is 4.90 Å². The predicted octanol–water partition coefficient (Wildman–Crippen LogP) is 3.02. The second-order valence-electron chi connectivity index (χ2n) is 5.85. The molecule has 1 aromatic rings. The second kappa shape index (κ2) is 10.9. The number of alkyl halides is 3. The van der Waals surface area contributed by atoms with Gasteiger partial charge in [-0.2, -0.15) is 13.2 Å². The monoisotopic (exact) mass is 401 g/mol. The molecule has 1 saturated heterocycles. The largest absolute Gasteiger partial charge is 0.401 e. The lowest BCUT2D eigenvalue weighted by Gasteiger charge is -2.24. The Morgan fingerprint density at radius 3 is 2.32 bits per heavy atom. The Bertz CT molecular complexity index is 517. The van der Waals surface area contributed by atoms with Crippen LogP contribution in [0.3, 0.4) is 0 Å². The maximum absolute atomic E-state index is 12.4. The summed E-state index contributed by atoms with van der Waals surface area (Å²) in [5, 5.41) is 0. The van der Waals surface area contributed by atoms with Crippen LogP contribution >= 0.6 is 24.8 Å². The van der Waals surface area contributed by atoms with Gasteiger partial charge in [0.25, 0.3) is 0 Å². The first-order valence-corrected chi connectivity index (χ1v) is 7.72. The van der Waals surface area contributed by atoms with Gasteiger partial charge in [-0.3, -0.25) is 9.69 Å². The van der Waals surface area contributed by atoms with Gasteiger partial charge in [0.05, 0.1) is 6.54 Å². The highest BCUT2D eigenvalue weighted by molar-refractivity contribution is 5.85. The van der Waals surface area contributed by atoms with E-state index in [4.69, 9.17) is 5.73 Å². The minimum Gasteiger partial charge on any atom is -0.341 e. The lowest BCUT2D eigenvalue weighted by atomic mass is 10.0. The number of rotatable bonds is 4. The lowest BCUT2D eigenvalue weighted by Crippen LogP contribution is -2.39. The number of hydrogen-bond acceptors (Lipinski definition) is 3. The van der Waals surface area contributed by atoms with Crippen LogP contribution in [0, 0.1) is 0 Å². The van der Waals surface area contributed by atoms with Crippen LogP contribution in [0.25, 0.3) is 0 Å². The van der Waals surface area contributed by atoms with Crippen molar-refractivity contribution in [1.29, 1.82) is 0 Å². The van der Waals surface area contributed by atoms with Gasteiger partial charge in [-0.1, -0.05) is 30.3 Å². The molecule has 1 atom stereocenters. The zero-order valence-corrected chi connectivity index (χ0v) is 15.4. The van der Waals surface area contributed by atoms with E-state index in [2.05, 4.69) is 0 Å². The van der Waals surface area contributed by atoms with Gasteiger partial charge in [-0.15, -0.1) is 24.8 Å². The van der Waals surface area contributed by atoms with E-state index < -0.39 is 18.8 Å². The van der Waals surface area contributed by atoms with E-state index in [1.165, 1.54) is 4.90 Å². The Hall–Kier alpha value is -1.02. The highest BCUT2D eigenvalue weighted by Crippen LogP contribution is 2.19. The highest BCUT2D eigenvalue weighted by atomic mass is 35.5. The average Bonchev–Trinajstić information content (AvgIpc) is 2.72. The van der Waals surface area contributed by atoms with Gasteiger partial charge >= 0.3 is 6.18 Å². The summed E-state index contributed by atoms with van der Waals surface area (Å²) in [6, 6.07) is 8.94. The molecule has 25 heavy (non-hydrogen) atoms. The fourth-order valence-electron chi connectivity index (χ4n) is 2.77. The van der Waals surface area contributed by atoms with E-state index in [1.807, 2.05) is 30.3 Å². The molecule has 2 rings (SSSR count). The molecular weight excluding hydrogens is 378 g/mol. The first-order chi connectivity index (χ1) is 10.8. The van der Waals surface area contributed by atoms with E-state index in [-0.39, 0.29) is 43.7 Å². The Labute approximate surface area is 158 Å². The number of nitrogens with two attached hydrogens (primary N) is 1. The van der Waals surface area contributed by atoms with Crippen molar-refractivity contribution in [3.63, 3.8) is 0 Å². The number of halogens is 5. The molecule has 1 unspecified atom stereocenters. The van der Waals surface area contributed by atoms with Crippen molar-refractivity contribution in [2.75, 3.05) is 32.7 Å². The number of benzene rings is 1. The van der Waals surface area contributed by atoms with Crippen LogP contribution in [0.15, 0.2) is 30.3 Å². The fourth-order valence-corrected chi connectivity index (χ4v) is 2.77. The highest BCUT2D eigenvalue weighted by Gasteiger charge is 2.32. The molecule has 1 aliphatic rings. The van der Waals surface area contributed by atoms with Crippen LogP contribution in [0.1, 0.15) is 24.4 Å². The van der Waals surface area contributed by atoms with Gasteiger partial charge in [0.15, 0.2) is 0 Å². The summed E-state index contributed by atoms with van der Waals surface area (Å²) in [4.78, 5) is 15.3. The van der Waals surface area contributed by atoms with Gasteiger partial charge in [0.2, 0.25) is 5.91 Å². The third-order valence-corrected chi connectivity index (χ3v) is 3.97. The standard InChI is InChI=1S/C16H22F3N3O.2ClH/c17-16(18,19)12-21-7-4-8-22(10-9-21)15(23)11-14(20)13-5-2-1-3-6-13;;/h1-3,5-6,14H,4,7-12,20H2;2*1H. The van der Waals surface area contributed by atoms with E-state index in [0.29, 0.717) is 26.1 Å². The number of hydrogen-bond donors (Lipinski definition) is 1. The van der Waals surface area contributed by atoms with Gasteiger partial charge in [-0.25, -0.2) is 0 Å². The van der Waals surface area contributed by atoms with Crippen LogP contribution in [-0.4, -0.2) is 54.6 Å². The van der Waals surface area contributed by atoms with Crippen molar-refractivity contribution >= 4 is 30.7 Å². The minimum absolute atomic E-state index is 0. The first-order valence-electron chi connectivity index (χ1n) is 7.72. The quantitative estimate of drug-likeness (QED) is 0.843. The molecule has 0 bridgehead atoms. The van der Waals surface area contributed by atoms with Gasteiger partial charge in [0, 0.05) is 38.6 Å².